The molecule has 21 heavy (non-hydrogen) atoms. The minimum absolute atomic E-state index is 0.0508. The number of nitrogens with two attached hydrogens (primary N) is 1. The number of anilines is 1. The fourth-order valence-corrected chi connectivity index (χ4v) is 3.53. The number of halogens is 2. The maximum atomic E-state index is 13.0. The Balaban J connectivity index is 2.38. The van der Waals surface area contributed by atoms with Gasteiger partial charge >= 0.3 is 0 Å². The molecular weight excluding hydrogens is 315 g/mol. The van der Waals surface area contributed by atoms with Crippen LogP contribution in [0.4, 0.5) is 10.1 Å². The Labute approximate surface area is 127 Å². The van der Waals surface area contributed by atoms with Gasteiger partial charge in [-0.15, -0.1) is 0 Å². The number of sulfonamides is 1. The lowest BCUT2D eigenvalue weighted by molar-refractivity contribution is 0.601. The number of benzene rings is 2. The summed E-state index contributed by atoms with van der Waals surface area (Å²) in [6.07, 6.45) is 0. The van der Waals surface area contributed by atoms with E-state index in [9.17, 15) is 12.8 Å². The molecule has 0 unspecified atom stereocenters. The molecule has 0 aliphatic rings. The molecular formula is C14H14ClFN2O2S. The molecule has 2 aromatic rings. The quantitative estimate of drug-likeness (QED) is 0.906. The lowest BCUT2D eigenvalue weighted by atomic mass is 10.2. The summed E-state index contributed by atoms with van der Waals surface area (Å²) in [6, 6.07) is 8.29. The van der Waals surface area contributed by atoms with Crippen LogP contribution < -0.4 is 10.5 Å². The van der Waals surface area contributed by atoms with E-state index in [1.165, 1.54) is 30.3 Å². The first-order chi connectivity index (χ1) is 9.83. The highest BCUT2D eigenvalue weighted by atomic mass is 35.5. The molecule has 0 spiro atoms. The Bertz CT molecular complexity index is 779. The maximum absolute atomic E-state index is 13.0. The van der Waals surface area contributed by atoms with Crippen molar-refractivity contribution in [2.24, 2.45) is 5.73 Å². The van der Waals surface area contributed by atoms with Gasteiger partial charge in [0.1, 0.15) is 10.7 Å². The molecule has 0 atom stereocenters. The van der Waals surface area contributed by atoms with Gasteiger partial charge in [0.2, 0.25) is 0 Å². The molecule has 0 aromatic heterocycles. The summed E-state index contributed by atoms with van der Waals surface area (Å²) >= 11 is 5.99. The van der Waals surface area contributed by atoms with Gasteiger partial charge in [0.05, 0.1) is 10.7 Å². The third-order valence-electron chi connectivity index (χ3n) is 2.95. The van der Waals surface area contributed by atoms with Gasteiger partial charge in [-0.3, -0.25) is 4.72 Å². The summed E-state index contributed by atoms with van der Waals surface area (Å²) in [6.45, 7) is 1.88. The van der Waals surface area contributed by atoms with Crippen molar-refractivity contribution in [3.8, 4) is 0 Å². The van der Waals surface area contributed by atoms with E-state index in [-0.39, 0.29) is 16.5 Å². The molecule has 2 aromatic carbocycles. The van der Waals surface area contributed by atoms with E-state index < -0.39 is 15.8 Å². The Morgan fingerprint density at radius 2 is 1.95 bits per heavy atom. The Morgan fingerprint density at radius 3 is 2.52 bits per heavy atom. The van der Waals surface area contributed by atoms with Gasteiger partial charge in [-0.05, 0) is 48.4 Å². The normalized spacial score (nSPS) is 11.4. The first-order valence-corrected chi connectivity index (χ1v) is 7.97. The minimum Gasteiger partial charge on any atom is -0.326 e. The summed E-state index contributed by atoms with van der Waals surface area (Å²) in [5.74, 6) is -0.430. The molecule has 0 heterocycles. The van der Waals surface area contributed by atoms with Crippen LogP contribution in [0.2, 0.25) is 5.02 Å². The van der Waals surface area contributed by atoms with E-state index in [1.807, 2.05) is 0 Å². The van der Waals surface area contributed by atoms with Crippen molar-refractivity contribution in [1.82, 2.24) is 0 Å². The smallest absolute Gasteiger partial charge is 0.263 e. The number of nitrogens with one attached hydrogen (secondary N) is 1. The molecule has 0 saturated heterocycles. The minimum atomic E-state index is -3.85. The molecule has 0 aliphatic carbocycles. The van der Waals surface area contributed by atoms with Crippen molar-refractivity contribution >= 4 is 27.3 Å². The summed E-state index contributed by atoms with van der Waals surface area (Å²) in [5.41, 5.74) is 6.99. The molecule has 0 bridgehead atoms. The largest absolute Gasteiger partial charge is 0.326 e. The number of hydrogen-bond donors (Lipinski definition) is 2. The summed E-state index contributed by atoms with van der Waals surface area (Å²) in [7, 11) is -3.85. The zero-order valence-electron chi connectivity index (χ0n) is 11.2. The third-order valence-corrected chi connectivity index (χ3v) is 4.80. The molecule has 3 N–H and O–H groups in total. The molecule has 0 saturated carbocycles. The predicted molar refractivity (Wildman–Crippen MR) is 81.3 cm³/mol. The number of aryl methyl sites for hydroxylation is 1. The van der Waals surface area contributed by atoms with Crippen LogP contribution >= 0.6 is 11.6 Å². The molecule has 0 fully saturated rings. The van der Waals surface area contributed by atoms with Crippen LogP contribution in [0, 0.1) is 12.7 Å². The Kier molecular flexibility index (Phi) is 4.51. The molecule has 2 rings (SSSR count). The standard InChI is InChI=1S/C14H14ClFN2O2S/c1-9-6-11(16)3-4-13(9)18-21(19,20)14-5-2-10(8-17)7-12(14)15/h2-7,18H,8,17H2,1H3. The van der Waals surface area contributed by atoms with Crippen molar-refractivity contribution in [2.75, 3.05) is 4.72 Å². The van der Waals surface area contributed by atoms with Gasteiger partial charge in [0, 0.05) is 6.54 Å². The second kappa shape index (κ2) is 6.01. The summed E-state index contributed by atoms with van der Waals surface area (Å²) in [4.78, 5) is -0.0508. The molecule has 0 aliphatic heterocycles. The zero-order chi connectivity index (χ0) is 15.6. The van der Waals surface area contributed by atoms with Crippen molar-refractivity contribution < 1.29 is 12.8 Å². The fourth-order valence-electron chi connectivity index (χ4n) is 1.83. The Hall–Kier alpha value is -1.63. The molecule has 112 valence electrons. The average Bonchev–Trinajstić information content (AvgIpc) is 2.41. The van der Waals surface area contributed by atoms with E-state index in [4.69, 9.17) is 17.3 Å². The van der Waals surface area contributed by atoms with Crippen molar-refractivity contribution in [2.45, 2.75) is 18.4 Å². The van der Waals surface area contributed by atoms with Crippen molar-refractivity contribution in [3.05, 3.63) is 58.4 Å². The topological polar surface area (TPSA) is 72.2 Å². The first kappa shape index (κ1) is 15.8. The summed E-state index contributed by atoms with van der Waals surface area (Å²) < 4.78 is 40.1. The fraction of sp³-hybridized carbons (Fsp3) is 0.143. The second-order valence-corrected chi connectivity index (χ2v) is 6.59. The molecule has 0 radical (unpaired) electrons. The number of rotatable bonds is 4. The molecule has 0 amide bonds. The van der Waals surface area contributed by atoms with Crippen molar-refractivity contribution in [1.29, 1.82) is 0 Å². The van der Waals surface area contributed by atoms with Crippen LogP contribution in [0.15, 0.2) is 41.3 Å². The van der Waals surface area contributed by atoms with Gasteiger partial charge in [0.15, 0.2) is 0 Å². The zero-order valence-corrected chi connectivity index (χ0v) is 12.8. The van der Waals surface area contributed by atoms with E-state index >= 15 is 0 Å². The third kappa shape index (κ3) is 3.53. The highest BCUT2D eigenvalue weighted by molar-refractivity contribution is 7.92. The van der Waals surface area contributed by atoms with Crippen LogP contribution in [-0.4, -0.2) is 8.42 Å². The first-order valence-electron chi connectivity index (χ1n) is 6.11. The van der Waals surface area contributed by atoms with Gasteiger partial charge < -0.3 is 5.73 Å². The van der Waals surface area contributed by atoms with E-state index in [0.29, 0.717) is 11.3 Å². The lowest BCUT2D eigenvalue weighted by Gasteiger charge is -2.12. The predicted octanol–water partition coefficient (Wildman–Crippen LogP) is 3.05. The highest BCUT2D eigenvalue weighted by Crippen LogP contribution is 2.26. The molecule has 7 heteroatoms. The van der Waals surface area contributed by atoms with Gasteiger partial charge in [-0.1, -0.05) is 17.7 Å². The van der Waals surface area contributed by atoms with Gasteiger partial charge in [-0.25, -0.2) is 12.8 Å². The highest BCUT2D eigenvalue weighted by Gasteiger charge is 2.19. The monoisotopic (exact) mass is 328 g/mol. The van der Waals surface area contributed by atoms with Crippen molar-refractivity contribution in [3.63, 3.8) is 0 Å². The second-order valence-electron chi connectivity index (χ2n) is 4.53. The van der Waals surface area contributed by atoms with Crippen LogP contribution in [0.25, 0.3) is 0 Å². The Morgan fingerprint density at radius 1 is 1.24 bits per heavy atom. The van der Waals surface area contributed by atoms with Crippen LogP contribution in [0.5, 0.6) is 0 Å². The SMILES string of the molecule is Cc1cc(F)ccc1NS(=O)(=O)c1ccc(CN)cc1Cl. The van der Waals surface area contributed by atoms with E-state index in [0.717, 1.165) is 5.56 Å². The van der Waals surface area contributed by atoms with Gasteiger partial charge in [0.25, 0.3) is 10.0 Å². The average molecular weight is 329 g/mol. The van der Waals surface area contributed by atoms with E-state index in [2.05, 4.69) is 4.72 Å². The maximum Gasteiger partial charge on any atom is 0.263 e. The summed E-state index contributed by atoms with van der Waals surface area (Å²) in [5, 5.41) is 0.0882. The molecule has 4 nitrogen and oxygen atoms in total. The lowest BCUT2D eigenvalue weighted by Crippen LogP contribution is -2.14. The number of hydrogen-bond acceptors (Lipinski definition) is 3. The van der Waals surface area contributed by atoms with Crippen LogP contribution in [0.1, 0.15) is 11.1 Å². The van der Waals surface area contributed by atoms with Crippen LogP contribution in [-0.2, 0) is 16.6 Å². The van der Waals surface area contributed by atoms with Gasteiger partial charge in [-0.2, -0.15) is 0 Å². The van der Waals surface area contributed by atoms with E-state index in [1.54, 1.807) is 13.0 Å². The van der Waals surface area contributed by atoms with Crippen LogP contribution in [0.3, 0.4) is 0 Å².